The van der Waals surface area contributed by atoms with E-state index >= 15 is 0 Å². The lowest BCUT2D eigenvalue weighted by Gasteiger charge is -2.20. The van der Waals surface area contributed by atoms with Crippen molar-refractivity contribution < 1.29 is 0 Å². The van der Waals surface area contributed by atoms with Gasteiger partial charge < -0.3 is 10.7 Å². The Morgan fingerprint density at radius 1 is 1.25 bits per heavy atom. The van der Waals surface area contributed by atoms with Gasteiger partial charge in [-0.15, -0.1) is 0 Å². The van der Waals surface area contributed by atoms with E-state index in [4.69, 9.17) is 5.84 Å². The Kier molecular flexibility index (Phi) is 3.24. The zero-order chi connectivity index (χ0) is 11.5. The summed E-state index contributed by atoms with van der Waals surface area (Å²) < 4.78 is 0. The van der Waals surface area contributed by atoms with E-state index in [9.17, 15) is 0 Å². The fourth-order valence-corrected chi connectivity index (χ4v) is 2.27. The monoisotopic (exact) mass is 221 g/mol. The van der Waals surface area contributed by atoms with E-state index in [2.05, 4.69) is 34.6 Å². The van der Waals surface area contributed by atoms with E-state index in [-0.39, 0.29) is 0 Å². The van der Waals surface area contributed by atoms with Gasteiger partial charge in [0.2, 0.25) is 0 Å². The standard InChI is InChI=1S/C11H19N5/c1-7-3-4-9(8(7)2)15-10-5-11(16-12)14-6-13-10/h5-9H,3-4,12H2,1-2H3,(H2,13,14,15,16). The molecule has 0 bridgehead atoms. The van der Waals surface area contributed by atoms with Crippen molar-refractivity contribution >= 4 is 11.6 Å². The zero-order valence-electron chi connectivity index (χ0n) is 9.77. The minimum Gasteiger partial charge on any atom is -0.367 e. The molecule has 1 aliphatic rings. The van der Waals surface area contributed by atoms with Gasteiger partial charge >= 0.3 is 0 Å². The van der Waals surface area contributed by atoms with Crippen molar-refractivity contribution in [3.05, 3.63) is 12.4 Å². The number of aromatic nitrogens is 2. The smallest absolute Gasteiger partial charge is 0.145 e. The third kappa shape index (κ3) is 2.24. The molecule has 0 radical (unpaired) electrons. The lowest BCUT2D eigenvalue weighted by atomic mass is 9.98. The molecule has 2 rings (SSSR count). The SMILES string of the molecule is CC1CCC(Nc2cc(NN)ncn2)C1C. The Hall–Kier alpha value is -1.36. The minimum absolute atomic E-state index is 0.510. The first-order valence-electron chi connectivity index (χ1n) is 5.76. The molecular weight excluding hydrogens is 202 g/mol. The van der Waals surface area contributed by atoms with Crippen LogP contribution < -0.4 is 16.6 Å². The summed E-state index contributed by atoms with van der Waals surface area (Å²) in [5, 5.41) is 3.45. The predicted molar refractivity (Wildman–Crippen MR) is 64.8 cm³/mol. The molecule has 88 valence electrons. The lowest BCUT2D eigenvalue weighted by molar-refractivity contribution is 0.435. The molecule has 0 saturated heterocycles. The van der Waals surface area contributed by atoms with Gasteiger partial charge in [0, 0.05) is 12.1 Å². The lowest BCUT2D eigenvalue weighted by Crippen LogP contribution is -2.24. The molecule has 1 fully saturated rings. The maximum atomic E-state index is 5.31. The van der Waals surface area contributed by atoms with Crippen LogP contribution in [0.15, 0.2) is 12.4 Å². The summed E-state index contributed by atoms with van der Waals surface area (Å²) in [5.41, 5.74) is 2.52. The van der Waals surface area contributed by atoms with Crippen molar-refractivity contribution in [2.45, 2.75) is 32.7 Å². The molecule has 1 aliphatic carbocycles. The third-order valence-electron chi connectivity index (χ3n) is 3.61. The Labute approximate surface area is 95.8 Å². The predicted octanol–water partition coefficient (Wildman–Crippen LogP) is 1.61. The maximum Gasteiger partial charge on any atom is 0.145 e. The summed E-state index contributed by atoms with van der Waals surface area (Å²) in [6.45, 7) is 4.60. The fraction of sp³-hybridized carbons (Fsp3) is 0.636. The van der Waals surface area contributed by atoms with Crippen LogP contribution in [-0.4, -0.2) is 16.0 Å². The highest BCUT2D eigenvalue weighted by Gasteiger charge is 2.29. The summed E-state index contributed by atoms with van der Waals surface area (Å²) in [6, 6.07) is 2.34. The number of nitrogen functional groups attached to an aromatic ring is 1. The molecule has 4 N–H and O–H groups in total. The van der Waals surface area contributed by atoms with Gasteiger partial charge in [-0.05, 0) is 24.7 Å². The van der Waals surface area contributed by atoms with Gasteiger partial charge in [-0.25, -0.2) is 15.8 Å². The van der Waals surface area contributed by atoms with Crippen LogP contribution in [0.4, 0.5) is 11.6 Å². The molecule has 5 nitrogen and oxygen atoms in total. The van der Waals surface area contributed by atoms with Crippen LogP contribution >= 0.6 is 0 Å². The van der Waals surface area contributed by atoms with Crippen molar-refractivity contribution in [2.24, 2.45) is 17.7 Å². The summed E-state index contributed by atoms with van der Waals surface area (Å²) >= 11 is 0. The van der Waals surface area contributed by atoms with Gasteiger partial charge in [-0.1, -0.05) is 13.8 Å². The van der Waals surface area contributed by atoms with E-state index in [1.807, 2.05) is 6.07 Å². The van der Waals surface area contributed by atoms with Crippen LogP contribution in [0.25, 0.3) is 0 Å². The summed E-state index contributed by atoms with van der Waals surface area (Å²) in [7, 11) is 0. The quantitative estimate of drug-likeness (QED) is 0.534. The molecule has 3 unspecified atom stereocenters. The maximum absolute atomic E-state index is 5.31. The topological polar surface area (TPSA) is 75.9 Å². The van der Waals surface area contributed by atoms with Gasteiger partial charge in [0.05, 0.1) is 0 Å². The normalized spacial score (nSPS) is 29.1. The van der Waals surface area contributed by atoms with Gasteiger partial charge in [0.15, 0.2) is 0 Å². The first-order valence-corrected chi connectivity index (χ1v) is 5.76. The van der Waals surface area contributed by atoms with Gasteiger partial charge in [-0.3, -0.25) is 0 Å². The number of hydrazine groups is 1. The second-order valence-electron chi connectivity index (χ2n) is 4.60. The number of hydrogen-bond acceptors (Lipinski definition) is 5. The van der Waals surface area contributed by atoms with Crippen LogP contribution in [0.1, 0.15) is 26.7 Å². The highest BCUT2D eigenvalue weighted by molar-refractivity contribution is 5.46. The summed E-state index contributed by atoms with van der Waals surface area (Å²) in [6.07, 6.45) is 4.00. The molecule has 1 saturated carbocycles. The Morgan fingerprint density at radius 3 is 2.62 bits per heavy atom. The van der Waals surface area contributed by atoms with Gasteiger partial charge in [0.1, 0.15) is 18.0 Å². The molecule has 16 heavy (non-hydrogen) atoms. The van der Waals surface area contributed by atoms with Crippen molar-refractivity contribution in [3.63, 3.8) is 0 Å². The van der Waals surface area contributed by atoms with Crippen LogP contribution in [0.3, 0.4) is 0 Å². The molecule has 1 aromatic heterocycles. The number of nitrogens with two attached hydrogens (primary N) is 1. The van der Waals surface area contributed by atoms with E-state index in [0.29, 0.717) is 17.8 Å². The Balaban J connectivity index is 2.03. The minimum atomic E-state index is 0.510. The van der Waals surface area contributed by atoms with E-state index in [1.54, 1.807) is 0 Å². The van der Waals surface area contributed by atoms with Gasteiger partial charge in [-0.2, -0.15) is 0 Å². The Morgan fingerprint density at radius 2 is 2.00 bits per heavy atom. The average molecular weight is 221 g/mol. The summed E-state index contributed by atoms with van der Waals surface area (Å²) in [4.78, 5) is 8.17. The summed E-state index contributed by atoms with van der Waals surface area (Å²) in [5.74, 6) is 8.25. The van der Waals surface area contributed by atoms with Gasteiger partial charge in [0.25, 0.3) is 0 Å². The molecule has 0 spiro atoms. The molecule has 1 heterocycles. The highest BCUT2D eigenvalue weighted by Crippen LogP contribution is 2.32. The molecule has 3 atom stereocenters. The number of rotatable bonds is 3. The van der Waals surface area contributed by atoms with E-state index in [1.165, 1.54) is 19.2 Å². The second kappa shape index (κ2) is 4.65. The van der Waals surface area contributed by atoms with E-state index in [0.717, 1.165) is 11.7 Å². The van der Waals surface area contributed by atoms with E-state index < -0.39 is 0 Å². The molecule has 0 aromatic carbocycles. The van der Waals surface area contributed by atoms with Crippen LogP contribution in [0.2, 0.25) is 0 Å². The second-order valence-corrected chi connectivity index (χ2v) is 4.60. The number of nitrogens with one attached hydrogen (secondary N) is 2. The molecule has 1 aromatic rings. The fourth-order valence-electron chi connectivity index (χ4n) is 2.27. The zero-order valence-corrected chi connectivity index (χ0v) is 9.77. The average Bonchev–Trinajstić information content (AvgIpc) is 2.61. The highest BCUT2D eigenvalue weighted by atomic mass is 15.3. The first-order chi connectivity index (χ1) is 7.70. The molecular formula is C11H19N5. The number of nitrogens with zero attached hydrogens (tertiary/aromatic N) is 2. The van der Waals surface area contributed by atoms with Crippen LogP contribution in [0.5, 0.6) is 0 Å². The number of anilines is 2. The van der Waals surface area contributed by atoms with Crippen molar-refractivity contribution in [1.29, 1.82) is 0 Å². The van der Waals surface area contributed by atoms with Crippen molar-refractivity contribution in [2.75, 3.05) is 10.7 Å². The first kappa shape index (κ1) is 11.1. The van der Waals surface area contributed by atoms with Crippen LogP contribution in [0, 0.1) is 11.8 Å². The molecule has 0 amide bonds. The largest absolute Gasteiger partial charge is 0.367 e. The van der Waals surface area contributed by atoms with Crippen molar-refractivity contribution in [1.82, 2.24) is 9.97 Å². The Bertz CT molecular complexity index is 354. The van der Waals surface area contributed by atoms with Crippen molar-refractivity contribution in [3.8, 4) is 0 Å². The molecule has 0 aliphatic heterocycles. The number of hydrogen-bond donors (Lipinski definition) is 3. The molecule has 5 heteroatoms. The van der Waals surface area contributed by atoms with Crippen LogP contribution in [-0.2, 0) is 0 Å². The third-order valence-corrected chi connectivity index (χ3v) is 3.61.